The minimum absolute atomic E-state index is 0.167. The van der Waals surface area contributed by atoms with Crippen LogP contribution in [0.4, 0.5) is 0 Å². The first-order valence-electron chi connectivity index (χ1n) is 25.0. The molecule has 0 saturated heterocycles. The fraction of sp³-hybridized carbons (Fsp3) is 0.203. The van der Waals surface area contributed by atoms with E-state index in [1.165, 1.54) is 71.4 Å². The van der Waals surface area contributed by atoms with Crippen molar-refractivity contribution in [3.05, 3.63) is 243 Å². The number of nitrogens with zero attached hydrogens (tertiary/aromatic N) is 3. The Morgan fingerprint density at radius 3 is 0.681 bits per heavy atom. The summed E-state index contributed by atoms with van der Waals surface area (Å²) in [5.74, 6) is 1.48. The van der Waals surface area contributed by atoms with Crippen molar-refractivity contribution >= 4 is 73.5 Å². The smallest absolute Gasteiger partial charge is 0.328 e. The average Bonchev–Trinajstić information content (AvgIpc) is 3.38. The largest absolute Gasteiger partial charge is 0.347 e. The van der Waals surface area contributed by atoms with E-state index in [9.17, 15) is 9.59 Å². The van der Waals surface area contributed by atoms with Crippen molar-refractivity contribution in [2.24, 2.45) is 0 Å². The van der Waals surface area contributed by atoms with Crippen LogP contribution in [0, 0.1) is 0 Å². The standard InChI is InChI=1S/2C24H20B.C10H25N4.2C3H6O/c2*1-5-13-21(14-6-1)25(22-15-7-2-8-16-22,23-17-9-3-10-18-23)24-19-11-4-12-20-24;1-12(2)10(13(3)4)11-8-9-14(5,6)7;2*1-3(2)4/h2*1-20H;8-9H2,1-7H3;2*1-2H3/q2*-1;+1;;/p+1. The number of rotatable bonds is 11. The third kappa shape index (κ3) is 16.5. The molecule has 0 heterocycles. The molecule has 72 heavy (non-hydrogen) atoms. The first kappa shape index (κ1) is 57.0. The Hall–Kier alpha value is -7.54. The number of quaternary nitrogens is 1. The topological polar surface area (TPSA) is 52.4 Å². The van der Waals surface area contributed by atoms with Crippen LogP contribution in [0.15, 0.2) is 243 Å². The molecule has 0 fully saturated rings. The van der Waals surface area contributed by atoms with Crippen LogP contribution in [0.25, 0.3) is 0 Å². The van der Waals surface area contributed by atoms with E-state index in [0.29, 0.717) is 0 Å². The third-order valence-corrected chi connectivity index (χ3v) is 12.3. The number of hydrogen-bond donors (Lipinski definition) is 1. The molecule has 0 saturated carbocycles. The Kier molecular flexibility index (Phi) is 22.9. The Morgan fingerprint density at radius 1 is 0.389 bits per heavy atom. The summed E-state index contributed by atoms with van der Waals surface area (Å²) in [4.78, 5) is 21.0. The van der Waals surface area contributed by atoms with Crippen molar-refractivity contribution in [2.75, 3.05) is 62.4 Å². The summed E-state index contributed by atoms with van der Waals surface area (Å²) in [6.45, 7) is 8.22. The molecule has 0 radical (unpaired) electrons. The molecule has 0 spiro atoms. The van der Waals surface area contributed by atoms with E-state index in [1.54, 1.807) is 0 Å². The average molecular weight is 957 g/mol. The van der Waals surface area contributed by atoms with E-state index in [4.69, 9.17) is 0 Å². The molecular formula is C64H78B2N4O2. The van der Waals surface area contributed by atoms with Gasteiger partial charge in [-0.3, -0.25) is 14.8 Å². The summed E-state index contributed by atoms with van der Waals surface area (Å²) in [6, 6.07) is 87.1. The van der Waals surface area contributed by atoms with Crippen LogP contribution in [-0.2, 0) is 9.59 Å². The maximum atomic E-state index is 9.44. The van der Waals surface area contributed by atoms with Gasteiger partial charge >= 0.3 is 5.96 Å². The Bertz CT molecular complexity index is 2280. The molecule has 0 aliphatic heterocycles. The summed E-state index contributed by atoms with van der Waals surface area (Å²) in [7, 11) is 14.8. The van der Waals surface area contributed by atoms with Crippen molar-refractivity contribution in [1.29, 1.82) is 0 Å². The van der Waals surface area contributed by atoms with Gasteiger partial charge in [0.1, 0.15) is 36.9 Å². The minimum Gasteiger partial charge on any atom is -0.328 e. The number of benzene rings is 8. The Morgan fingerprint density at radius 2 is 0.556 bits per heavy atom. The summed E-state index contributed by atoms with van der Waals surface area (Å²) in [6.07, 6.45) is -2.43. The molecule has 0 amide bonds. The van der Waals surface area contributed by atoms with Gasteiger partial charge in [-0.2, -0.15) is 43.7 Å². The van der Waals surface area contributed by atoms with Crippen molar-refractivity contribution < 1.29 is 18.6 Å². The molecule has 372 valence electrons. The van der Waals surface area contributed by atoms with Crippen molar-refractivity contribution in [3.63, 3.8) is 0 Å². The van der Waals surface area contributed by atoms with E-state index >= 15 is 0 Å². The second-order valence-corrected chi connectivity index (χ2v) is 19.9. The fourth-order valence-electron chi connectivity index (χ4n) is 9.46. The molecule has 8 aromatic rings. The molecule has 8 aromatic carbocycles. The number of nitrogens with one attached hydrogen (secondary N) is 1. The summed E-state index contributed by atoms with van der Waals surface area (Å²) >= 11 is 0. The first-order valence-corrected chi connectivity index (χ1v) is 25.0. The third-order valence-electron chi connectivity index (χ3n) is 12.3. The van der Waals surface area contributed by atoms with Crippen molar-refractivity contribution in [2.45, 2.75) is 27.7 Å². The molecule has 6 nitrogen and oxygen atoms in total. The van der Waals surface area contributed by atoms with Crippen LogP contribution in [0.5, 0.6) is 0 Å². The van der Waals surface area contributed by atoms with Crippen LogP contribution in [-0.4, -0.2) is 106 Å². The molecular weight excluding hydrogens is 878 g/mol. The molecule has 0 unspecified atom stereocenters. The van der Waals surface area contributed by atoms with E-state index in [2.05, 4.69) is 279 Å². The first-order chi connectivity index (χ1) is 34.5. The predicted molar refractivity (Wildman–Crippen MR) is 315 cm³/mol. The zero-order valence-corrected chi connectivity index (χ0v) is 44.8. The maximum Gasteiger partial charge on any atom is 0.347 e. The molecule has 0 bridgehead atoms. The lowest BCUT2D eigenvalue weighted by Gasteiger charge is -2.44. The second-order valence-electron chi connectivity index (χ2n) is 19.9. The molecule has 0 atom stereocenters. The highest BCUT2D eigenvalue weighted by molar-refractivity contribution is 7.20. The normalized spacial score (nSPS) is 10.7. The van der Waals surface area contributed by atoms with Gasteiger partial charge in [-0.1, -0.05) is 243 Å². The highest BCUT2D eigenvalue weighted by atomic mass is 16.1. The van der Waals surface area contributed by atoms with Gasteiger partial charge in [0.25, 0.3) is 0 Å². The van der Waals surface area contributed by atoms with Gasteiger partial charge in [0.15, 0.2) is 0 Å². The van der Waals surface area contributed by atoms with E-state index in [0.717, 1.165) is 23.5 Å². The molecule has 0 aliphatic carbocycles. The van der Waals surface area contributed by atoms with E-state index in [-0.39, 0.29) is 11.6 Å². The van der Waals surface area contributed by atoms with Crippen molar-refractivity contribution in [3.8, 4) is 0 Å². The highest BCUT2D eigenvalue weighted by Gasteiger charge is 2.32. The van der Waals surface area contributed by atoms with E-state index < -0.39 is 12.3 Å². The van der Waals surface area contributed by atoms with Crippen LogP contribution < -0.4 is 49.0 Å². The van der Waals surface area contributed by atoms with Gasteiger partial charge < -0.3 is 14.1 Å². The molecule has 0 aromatic heterocycles. The number of hydrogen-bond acceptors (Lipinski definition) is 2. The fourth-order valence-corrected chi connectivity index (χ4v) is 9.46. The zero-order chi connectivity index (χ0) is 52.4. The number of likely N-dealkylation sites (N-methyl/N-ethyl adjacent to an activating group) is 1. The summed E-state index contributed by atoms with van der Waals surface area (Å²) in [5, 5.41) is 3.43. The number of carbonyl (C=O) groups excluding carboxylic acids is 2. The molecule has 8 rings (SSSR count). The second kappa shape index (κ2) is 29.0. The van der Waals surface area contributed by atoms with E-state index in [1.807, 2.05) is 28.2 Å². The minimum atomic E-state index is -1.22. The lowest BCUT2D eigenvalue weighted by molar-refractivity contribution is -0.869. The maximum absolute atomic E-state index is 9.44. The van der Waals surface area contributed by atoms with Gasteiger partial charge in [0, 0.05) is 0 Å². The predicted octanol–water partition coefficient (Wildman–Crippen LogP) is 6.79. The van der Waals surface area contributed by atoms with Crippen molar-refractivity contribution in [1.82, 2.24) is 10.2 Å². The quantitative estimate of drug-likeness (QED) is 0.0511. The monoisotopic (exact) mass is 957 g/mol. The van der Waals surface area contributed by atoms with Gasteiger partial charge in [-0.25, -0.2) is 0 Å². The molecule has 1 N–H and O–H groups in total. The molecule has 0 aliphatic rings. The number of ketones is 2. The number of Topliss-reactive ketones (excluding diaryl/α,β-unsaturated/α-hetero) is 2. The number of guanidine groups is 1. The Balaban J connectivity index is 0.000000226. The lowest BCUT2D eigenvalue weighted by atomic mass is 9.13. The molecule has 8 heteroatoms. The van der Waals surface area contributed by atoms with Crippen LogP contribution in [0.3, 0.4) is 0 Å². The number of carbonyl (C=O) groups is 2. The SMILES string of the molecule is CC(C)=O.CC(C)=O.CN(C)C(NCC[N+](C)(C)C)=[N+](C)C.c1ccc([B-](c2ccccc2)(c2ccccc2)c2ccccc2)cc1.c1ccc([B-](c2ccccc2)(c2ccccc2)c2ccccc2)cc1. The van der Waals surface area contributed by atoms with Crippen LogP contribution in [0.1, 0.15) is 27.7 Å². The summed E-state index contributed by atoms with van der Waals surface area (Å²) < 4.78 is 3.08. The van der Waals surface area contributed by atoms with Gasteiger partial charge in [0.05, 0.1) is 49.3 Å². The van der Waals surface area contributed by atoms with Gasteiger partial charge in [-0.05, 0) is 27.7 Å². The highest BCUT2D eigenvalue weighted by Crippen LogP contribution is 2.11. The van der Waals surface area contributed by atoms with Crippen LogP contribution >= 0.6 is 0 Å². The van der Waals surface area contributed by atoms with Gasteiger partial charge in [-0.15, -0.1) is 0 Å². The van der Waals surface area contributed by atoms with Gasteiger partial charge in [0.2, 0.25) is 0 Å². The lowest BCUT2D eigenvalue weighted by Crippen LogP contribution is -2.74. The summed E-state index contributed by atoms with van der Waals surface area (Å²) in [5.41, 5.74) is 10.7. The van der Waals surface area contributed by atoms with Crippen LogP contribution in [0.2, 0.25) is 0 Å². The Labute approximate surface area is 433 Å². The zero-order valence-electron chi connectivity index (χ0n) is 44.8.